The minimum Gasteiger partial charge on any atom is -0.396 e. The van der Waals surface area contributed by atoms with Gasteiger partial charge in [0.25, 0.3) is 5.91 Å². The molecule has 2 aromatic rings. The Kier molecular flexibility index (Phi) is 3.27. The molecular weight excluding hydrogens is 230 g/mol. The molecule has 0 unspecified atom stereocenters. The summed E-state index contributed by atoms with van der Waals surface area (Å²) in [6.45, 7) is 4.34. The number of hydrogen-bond donors (Lipinski definition) is 2. The van der Waals surface area contributed by atoms with Crippen molar-refractivity contribution in [3.8, 4) is 0 Å². The number of carbonyl (C=O) groups is 1. The van der Waals surface area contributed by atoms with Gasteiger partial charge in [-0.3, -0.25) is 9.48 Å². The fraction of sp³-hybridized carbons (Fsp3) is 0.250. The number of nitrogens with zero attached hydrogens (tertiary/aromatic N) is 3. The highest BCUT2D eigenvalue weighted by Crippen LogP contribution is 2.13. The molecule has 1 amide bonds. The van der Waals surface area contributed by atoms with Gasteiger partial charge in [0.05, 0.1) is 11.9 Å². The smallest absolute Gasteiger partial charge is 0.277 e. The van der Waals surface area contributed by atoms with Crippen molar-refractivity contribution in [2.24, 2.45) is 0 Å². The number of hydrogen-bond acceptors (Lipinski definition) is 4. The van der Waals surface area contributed by atoms with Gasteiger partial charge in [0.15, 0.2) is 0 Å². The molecule has 0 atom stereocenters. The first-order chi connectivity index (χ1) is 8.61. The van der Waals surface area contributed by atoms with E-state index < -0.39 is 0 Å². The maximum absolute atomic E-state index is 12.1. The number of nitrogen functional groups attached to an aromatic ring is 1. The molecule has 0 spiro atoms. The van der Waals surface area contributed by atoms with Crippen molar-refractivity contribution in [2.75, 3.05) is 11.1 Å². The van der Waals surface area contributed by atoms with Crippen LogP contribution in [-0.4, -0.2) is 20.7 Å². The number of carbonyl (C=O) groups excluding carboxylic acids is 1. The third-order valence-corrected chi connectivity index (χ3v) is 2.51. The van der Waals surface area contributed by atoms with Crippen LogP contribution < -0.4 is 11.1 Å². The molecule has 0 aliphatic heterocycles. The van der Waals surface area contributed by atoms with Crippen LogP contribution in [0.3, 0.4) is 0 Å². The number of nitrogens with one attached hydrogen (secondary N) is 1. The van der Waals surface area contributed by atoms with E-state index in [0.29, 0.717) is 23.7 Å². The Morgan fingerprint density at radius 2 is 2.28 bits per heavy atom. The first-order valence-electron chi connectivity index (χ1n) is 5.68. The van der Waals surface area contributed by atoms with Crippen LogP contribution in [0.1, 0.15) is 23.1 Å². The standard InChI is InChI=1S/C12H15N5O/c1-3-17-11(9(13)7-14-17)12(18)16-10-6-4-5-8(2)15-10/h4-7H,3,13H2,1-2H3,(H,15,16,18). The van der Waals surface area contributed by atoms with E-state index in [9.17, 15) is 4.79 Å². The van der Waals surface area contributed by atoms with E-state index in [2.05, 4.69) is 15.4 Å². The monoisotopic (exact) mass is 245 g/mol. The number of anilines is 2. The van der Waals surface area contributed by atoms with Crippen molar-refractivity contribution < 1.29 is 4.79 Å². The zero-order chi connectivity index (χ0) is 13.1. The Labute approximate surface area is 105 Å². The summed E-state index contributed by atoms with van der Waals surface area (Å²) >= 11 is 0. The summed E-state index contributed by atoms with van der Waals surface area (Å²) in [5.74, 6) is 0.202. The topological polar surface area (TPSA) is 85.8 Å². The van der Waals surface area contributed by atoms with Gasteiger partial charge in [0, 0.05) is 12.2 Å². The SMILES string of the molecule is CCn1ncc(N)c1C(=O)Nc1cccc(C)n1. The molecule has 2 heterocycles. The molecule has 0 saturated heterocycles. The maximum Gasteiger partial charge on any atom is 0.277 e. The number of pyridine rings is 1. The quantitative estimate of drug-likeness (QED) is 0.856. The lowest BCUT2D eigenvalue weighted by Crippen LogP contribution is -2.19. The van der Waals surface area contributed by atoms with Crippen molar-refractivity contribution in [3.05, 3.63) is 35.8 Å². The van der Waals surface area contributed by atoms with E-state index in [-0.39, 0.29) is 5.91 Å². The molecule has 0 bridgehead atoms. The molecular formula is C12H15N5O. The lowest BCUT2D eigenvalue weighted by Gasteiger charge is -2.07. The average molecular weight is 245 g/mol. The fourth-order valence-electron chi connectivity index (χ4n) is 1.68. The lowest BCUT2D eigenvalue weighted by atomic mass is 10.3. The van der Waals surface area contributed by atoms with Crippen molar-refractivity contribution in [3.63, 3.8) is 0 Å². The minimum atomic E-state index is -0.301. The molecule has 0 aliphatic rings. The van der Waals surface area contributed by atoms with Gasteiger partial charge in [-0.2, -0.15) is 5.10 Å². The summed E-state index contributed by atoms with van der Waals surface area (Å²) in [4.78, 5) is 16.3. The zero-order valence-electron chi connectivity index (χ0n) is 10.3. The van der Waals surface area contributed by atoms with Crippen LogP contribution in [0.2, 0.25) is 0 Å². The summed E-state index contributed by atoms with van der Waals surface area (Å²) < 4.78 is 1.56. The molecule has 18 heavy (non-hydrogen) atoms. The lowest BCUT2D eigenvalue weighted by molar-refractivity contribution is 0.101. The first-order valence-corrected chi connectivity index (χ1v) is 5.68. The van der Waals surface area contributed by atoms with E-state index in [1.165, 1.54) is 6.20 Å². The predicted molar refractivity (Wildman–Crippen MR) is 69.2 cm³/mol. The average Bonchev–Trinajstić information content (AvgIpc) is 2.70. The summed E-state index contributed by atoms with van der Waals surface area (Å²) in [7, 11) is 0. The minimum absolute atomic E-state index is 0.301. The normalized spacial score (nSPS) is 10.3. The molecule has 6 heteroatoms. The van der Waals surface area contributed by atoms with Gasteiger partial charge in [-0.1, -0.05) is 6.07 Å². The van der Waals surface area contributed by atoms with Gasteiger partial charge in [-0.15, -0.1) is 0 Å². The van der Waals surface area contributed by atoms with E-state index in [0.717, 1.165) is 5.69 Å². The van der Waals surface area contributed by atoms with Gasteiger partial charge < -0.3 is 11.1 Å². The first kappa shape index (κ1) is 12.1. The van der Waals surface area contributed by atoms with Crippen LogP contribution in [0.25, 0.3) is 0 Å². The molecule has 94 valence electrons. The second-order valence-electron chi connectivity index (χ2n) is 3.88. The fourth-order valence-corrected chi connectivity index (χ4v) is 1.68. The molecule has 3 N–H and O–H groups in total. The molecule has 2 aromatic heterocycles. The molecule has 0 saturated carbocycles. The highest BCUT2D eigenvalue weighted by molar-refractivity contribution is 6.05. The van der Waals surface area contributed by atoms with E-state index >= 15 is 0 Å². The summed E-state index contributed by atoms with van der Waals surface area (Å²) in [6.07, 6.45) is 1.47. The van der Waals surface area contributed by atoms with Crippen LogP contribution in [0.15, 0.2) is 24.4 Å². The highest BCUT2D eigenvalue weighted by Gasteiger charge is 2.16. The molecule has 0 radical (unpaired) electrons. The number of aryl methyl sites for hydroxylation is 2. The van der Waals surface area contributed by atoms with Crippen LogP contribution in [0, 0.1) is 6.92 Å². The number of aromatic nitrogens is 3. The van der Waals surface area contributed by atoms with Crippen molar-refractivity contribution in [2.45, 2.75) is 20.4 Å². The zero-order valence-corrected chi connectivity index (χ0v) is 10.3. The van der Waals surface area contributed by atoms with Crippen LogP contribution in [0.4, 0.5) is 11.5 Å². The molecule has 2 rings (SSSR count). The third kappa shape index (κ3) is 2.32. The Balaban J connectivity index is 2.24. The van der Waals surface area contributed by atoms with Crippen molar-refractivity contribution in [1.29, 1.82) is 0 Å². The largest absolute Gasteiger partial charge is 0.396 e. The summed E-state index contributed by atoms with van der Waals surface area (Å²) in [5.41, 5.74) is 7.30. The van der Waals surface area contributed by atoms with Gasteiger partial charge in [-0.25, -0.2) is 4.98 Å². The van der Waals surface area contributed by atoms with E-state index in [1.807, 2.05) is 26.0 Å². The highest BCUT2D eigenvalue weighted by atomic mass is 16.2. The molecule has 6 nitrogen and oxygen atoms in total. The second-order valence-corrected chi connectivity index (χ2v) is 3.88. The van der Waals surface area contributed by atoms with E-state index in [4.69, 9.17) is 5.73 Å². The Morgan fingerprint density at radius 3 is 2.94 bits per heavy atom. The number of rotatable bonds is 3. The maximum atomic E-state index is 12.1. The van der Waals surface area contributed by atoms with Gasteiger partial charge >= 0.3 is 0 Å². The summed E-state index contributed by atoms with van der Waals surface area (Å²) in [5, 5.41) is 6.73. The van der Waals surface area contributed by atoms with Crippen LogP contribution >= 0.6 is 0 Å². The second kappa shape index (κ2) is 4.87. The van der Waals surface area contributed by atoms with Crippen molar-refractivity contribution in [1.82, 2.24) is 14.8 Å². The predicted octanol–water partition coefficient (Wildman–Crippen LogP) is 1.44. The third-order valence-electron chi connectivity index (χ3n) is 2.51. The molecule has 0 aliphatic carbocycles. The Morgan fingerprint density at radius 1 is 1.50 bits per heavy atom. The molecule has 0 fully saturated rings. The number of amides is 1. The van der Waals surface area contributed by atoms with Crippen LogP contribution in [-0.2, 0) is 6.54 Å². The van der Waals surface area contributed by atoms with Gasteiger partial charge in [-0.05, 0) is 26.0 Å². The Bertz CT molecular complexity index is 576. The van der Waals surface area contributed by atoms with Crippen molar-refractivity contribution >= 4 is 17.4 Å². The summed E-state index contributed by atoms with van der Waals surface area (Å²) in [6, 6.07) is 5.42. The number of nitrogens with two attached hydrogens (primary N) is 1. The van der Waals surface area contributed by atoms with Crippen LogP contribution in [0.5, 0.6) is 0 Å². The van der Waals surface area contributed by atoms with E-state index in [1.54, 1.807) is 10.7 Å². The van der Waals surface area contributed by atoms with Gasteiger partial charge in [0.2, 0.25) is 0 Å². The van der Waals surface area contributed by atoms with Gasteiger partial charge in [0.1, 0.15) is 11.5 Å². The molecule has 0 aromatic carbocycles. The Hall–Kier alpha value is -2.37.